The van der Waals surface area contributed by atoms with Gasteiger partial charge in [-0.05, 0) is 68.0 Å². The second-order valence-electron chi connectivity index (χ2n) is 8.48. The summed E-state index contributed by atoms with van der Waals surface area (Å²) in [7, 11) is 0. The minimum atomic E-state index is 0.0822. The molecule has 0 radical (unpaired) electrons. The average molecular weight is 404 g/mol. The number of nitrogens with zero attached hydrogens (tertiary/aromatic N) is 3. The molecule has 0 bridgehead atoms. The Bertz CT molecular complexity index is 1090. The molecule has 1 aliphatic heterocycles. The molecule has 2 heterocycles. The highest BCUT2D eigenvalue weighted by molar-refractivity contribution is 5.97. The van der Waals surface area contributed by atoms with Crippen LogP contribution in [0.2, 0.25) is 0 Å². The van der Waals surface area contributed by atoms with Crippen molar-refractivity contribution in [1.29, 1.82) is 0 Å². The summed E-state index contributed by atoms with van der Waals surface area (Å²) in [6, 6.07) is 12.5. The molecule has 1 fully saturated rings. The molecule has 0 N–H and O–H groups in total. The number of carbonyl (C=O) groups excluding carboxylic acids is 1. The summed E-state index contributed by atoms with van der Waals surface area (Å²) in [5.74, 6) is 2.94. The fourth-order valence-corrected chi connectivity index (χ4v) is 4.44. The van der Waals surface area contributed by atoms with Crippen molar-refractivity contribution >= 4 is 16.9 Å². The van der Waals surface area contributed by atoms with Crippen LogP contribution >= 0.6 is 0 Å². The largest absolute Gasteiger partial charge is 0.493 e. The van der Waals surface area contributed by atoms with E-state index in [1.165, 1.54) is 24.0 Å². The van der Waals surface area contributed by atoms with E-state index in [4.69, 9.17) is 9.72 Å². The smallest absolute Gasteiger partial charge is 0.253 e. The molecule has 156 valence electrons. The number of amides is 1. The number of benzene rings is 2. The molecule has 0 unspecified atom stereocenters. The van der Waals surface area contributed by atoms with Crippen LogP contribution in [0.3, 0.4) is 0 Å². The monoisotopic (exact) mass is 403 g/mol. The number of imidazole rings is 1. The standard InChI is InChI=1S/C25H29N3O2/c1-3-27(4-2)25(29)20-8-9-22-21(15-20)26-24(28(22)16-17-5-6-17)14-18-7-10-23-19(13-18)11-12-30-23/h7-10,13,15,17H,3-6,11-12,14,16H2,1-2H3. The number of fused-ring (bicyclic) bond motifs is 2. The molecule has 2 aliphatic rings. The van der Waals surface area contributed by atoms with Gasteiger partial charge in [0, 0.05) is 38.0 Å². The van der Waals surface area contributed by atoms with Gasteiger partial charge < -0.3 is 14.2 Å². The Hall–Kier alpha value is -2.82. The Labute approximate surface area is 177 Å². The minimum Gasteiger partial charge on any atom is -0.493 e. The van der Waals surface area contributed by atoms with Gasteiger partial charge in [0.25, 0.3) is 5.91 Å². The third kappa shape index (κ3) is 3.57. The first-order valence-electron chi connectivity index (χ1n) is 11.2. The van der Waals surface area contributed by atoms with Crippen molar-refractivity contribution in [3.05, 3.63) is 58.9 Å². The lowest BCUT2D eigenvalue weighted by molar-refractivity contribution is 0.0773. The Morgan fingerprint density at radius 2 is 2.00 bits per heavy atom. The van der Waals surface area contributed by atoms with Crippen molar-refractivity contribution in [2.45, 2.75) is 46.1 Å². The molecule has 1 amide bonds. The fraction of sp³-hybridized carbons (Fsp3) is 0.440. The summed E-state index contributed by atoms with van der Waals surface area (Å²) in [6.07, 6.45) is 4.38. The SMILES string of the molecule is CCN(CC)C(=O)c1ccc2c(c1)nc(Cc1ccc3c(c1)CCO3)n2CC1CC1. The van der Waals surface area contributed by atoms with Crippen LogP contribution in [0.5, 0.6) is 5.75 Å². The molecule has 0 atom stereocenters. The van der Waals surface area contributed by atoms with Gasteiger partial charge in [0.1, 0.15) is 11.6 Å². The van der Waals surface area contributed by atoms with E-state index in [9.17, 15) is 4.79 Å². The number of hydrogen-bond donors (Lipinski definition) is 0. The maximum atomic E-state index is 12.8. The maximum absolute atomic E-state index is 12.8. The highest BCUT2D eigenvalue weighted by atomic mass is 16.5. The first-order valence-corrected chi connectivity index (χ1v) is 11.2. The minimum absolute atomic E-state index is 0.0822. The van der Waals surface area contributed by atoms with Crippen molar-refractivity contribution < 1.29 is 9.53 Å². The summed E-state index contributed by atoms with van der Waals surface area (Å²) in [5, 5.41) is 0. The Balaban J connectivity index is 1.50. The van der Waals surface area contributed by atoms with Gasteiger partial charge in [-0.25, -0.2) is 4.98 Å². The molecule has 5 rings (SSSR count). The normalized spacial score (nSPS) is 15.3. The summed E-state index contributed by atoms with van der Waals surface area (Å²) < 4.78 is 8.03. The average Bonchev–Trinajstić information content (AvgIpc) is 3.35. The van der Waals surface area contributed by atoms with E-state index in [-0.39, 0.29) is 5.91 Å². The van der Waals surface area contributed by atoms with Gasteiger partial charge >= 0.3 is 0 Å². The van der Waals surface area contributed by atoms with Gasteiger partial charge in [-0.1, -0.05) is 12.1 Å². The highest BCUT2D eigenvalue weighted by Gasteiger charge is 2.25. The van der Waals surface area contributed by atoms with Gasteiger partial charge in [0.05, 0.1) is 17.6 Å². The van der Waals surface area contributed by atoms with Crippen LogP contribution in [0, 0.1) is 5.92 Å². The van der Waals surface area contributed by atoms with E-state index in [1.807, 2.05) is 30.9 Å². The molecule has 0 spiro atoms. The van der Waals surface area contributed by atoms with E-state index in [2.05, 4.69) is 28.8 Å². The number of rotatable bonds is 7. The van der Waals surface area contributed by atoms with Crippen molar-refractivity contribution in [2.75, 3.05) is 19.7 Å². The second-order valence-corrected chi connectivity index (χ2v) is 8.48. The zero-order valence-electron chi connectivity index (χ0n) is 17.9. The molecule has 30 heavy (non-hydrogen) atoms. The Kier molecular flexibility index (Phi) is 4.97. The lowest BCUT2D eigenvalue weighted by Crippen LogP contribution is -2.30. The van der Waals surface area contributed by atoms with Gasteiger partial charge in [-0.15, -0.1) is 0 Å². The molecule has 3 aromatic rings. The van der Waals surface area contributed by atoms with E-state index >= 15 is 0 Å². The maximum Gasteiger partial charge on any atom is 0.253 e. The predicted octanol–water partition coefficient (Wildman–Crippen LogP) is 4.45. The van der Waals surface area contributed by atoms with Gasteiger partial charge in [0.2, 0.25) is 0 Å². The summed E-state index contributed by atoms with van der Waals surface area (Å²) in [4.78, 5) is 19.7. The van der Waals surface area contributed by atoms with E-state index in [0.29, 0.717) is 0 Å². The molecule has 5 heteroatoms. The lowest BCUT2D eigenvalue weighted by Gasteiger charge is -2.18. The molecular formula is C25H29N3O2. The molecule has 1 aromatic heterocycles. The predicted molar refractivity (Wildman–Crippen MR) is 118 cm³/mol. The third-order valence-electron chi connectivity index (χ3n) is 6.38. The highest BCUT2D eigenvalue weighted by Crippen LogP contribution is 2.33. The Morgan fingerprint density at radius 1 is 1.17 bits per heavy atom. The second kappa shape index (κ2) is 7.78. The van der Waals surface area contributed by atoms with Crippen LogP contribution in [-0.2, 0) is 19.4 Å². The number of carbonyl (C=O) groups is 1. The molecule has 1 aliphatic carbocycles. The molecular weight excluding hydrogens is 374 g/mol. The quantitative estimate of drug-likeness (QED) is 0.585. The van der Waals surface area contributed by atoms with Gasteiger partial charge in [-0.2, -0.15) is 0 Å². The topological polar surface area (TPSA) is 47.4 Å². The van der Waals surface area contributed by atoms with Gasteiger partial charge in [-0.3, -0.25) is 4.79 Å². The molecule has 2 aromatic carbocycles. The van der Waals surface area contributed by atoms with E-state index < -0.39 is 0 Å². The molecule has 1 saturated carbocycles. The van der Waals surface area contributed by atoms with Crippen LogP contribution in [0.4, 0.5) is 0 Å². The van der Waals surface area contributed by atoms with Crippen molar-refractivity contribution in [3.8, 4) is 5.75 Å². The molecule has 5 nitrogen and oxygen atoms in total. The summed E-state index contributed by atoms with van der Waals surface area (Å²) in [5.41, 5.74) is 5.35. The van der Waals surface area contributed by atoms with Crippen LogP contribution in [0.25, 0.3) is 11.0 Å². The molecule has 0 saturated heterocycles. The van der Waals surface area contributed by atoms with Crippen LogP contribution in [0.15, 0.2) is 36.4 Å². The summed E-state index contributed by atoms with van der Waals surface area (Å²) in [6.45, 7) is 7.27. The van der Waals surface area contributed by atoms with Gasteiger partial charge in [0.15, 0.2) is 0 Å². The van der Waals surface area contributed by atoms with Crippen LogP contribution < -0.4 is 4.74 Å². The van der Waals surface area contributed by atoms with Crippen LogP contribution in [-0.4, -0.2) is 40.1 Å². The van der Waals surface area contributed by atoms with Crippen molar-refractivity contribution in [3.63, 3.8) is 0 Å². The van der Waals surface area contributed by atoms with Crippen molar-refractivity contribution in [2.24, 2.45) is 5.92 Å². The van der Waals surface area contributed by atoms with E-state index in [1.54, 1.807) is 0 Å². The van der Waals surface area contributed by atoms with E-state index in [0.717, 1.165) is 73.2 Å². The fourth-order valence-electron chi connectivity index (χ4n) is 4.44. The number of ether oxygens (including phenoxy) is 1. The zero-order chi connectivity index (χ0) is 20.7. The summed E-state index contributed by atoms with van der Waals surface area (Å²) >= 11 is 0. The lowest BCUT2D eigenvalue weighted by atomic mass is 10.1. The van der Waals surface area contributed by atoms with Crippen molar-refractivity contribution in [1.82, 2.24) is 14.5 Å². The Morgan fingerprint density at radius 3 is 2.77 bits per heavy atom. The number of hydrogen-bond acceptors (Lipinski definition) is 3. The third-order valence-corrected chi connectivity index (χ3v) is 6.38. The first kappa shape index (κ1) is 19.2. The number of aromatic nitrogens is 2. The first-order chi connectivity index (χ1) is 14.7. The van der Waals surface area contributed by atoms with Crippen LogP contribution in [0.1, 0.15) is 54.0 Å². The zero-order valence-corrected chi connectivity index (χ0v) is 17.9.